The van der Waals surface area contributed by atoms with E-state index >= 15 is 0 Å². The molecule has 0 saturated carbocycles. The van der Waals surface area contributed by atoms with Crippen LogP contribution >= 0.6 is 11.8 Å². The van der Waals surface area contributed by atoms with Crippen LogP contribution in [-0.4, -0.2) is 33.1 Å². The molecule has 0 aliphatic carbocycles. The smallest absolute Gasteiger partial charge is 0.262 e. The Bertz CT molecular complexity index is 1370. The van der Waals surface area contributed by atoms with Crippen LogP contribution in [0.3, 0.4) is 0 Å². The maximum absolute atomic E-state index is 13.1. The summed E-state index contributed by atoms with van der Waals surface area (Å²) in [5.74, 6) is 0.547. The lowest BCUT2D eigenvalue weighted by Crippen LogP contribution is -2.17. The standard InChI is InChI=1S/C24H23N3O5S2/c1-15-7-9-17(14-22(15)34(30,31)27-18-5-3-4-6-20(18)32-2)25-24(29)16-8-10-21-19(13-16)26-23(28)11-12-33-21/h3-10,13-14,27H,11-12H2,1-2H3,(H,25,29)(H,26,28). The van der Waals surface area contributed by atoms with E-state index in [0.717, 1.165) is 4.90 Å². The van der Waals surface area contributed by atoms with Gasteiger partial charge in [0.2, 0.25) is 5.91 Å². The summed E-state index contributed by atoms with van der Waals surface area (Å²) in [6, 6.07) is 16.5. The molecule has 2 amide bonds. The predicted octanol–water partition coefficient (Wildman–Crippen LogP) is 4.49. The van der Waals surface area contributed by atoms with Crippen molar-refractivity contribution < 1.29 is 22.7 Å². The third-order valence-electron chi connectivity index (χ3n) is 5.19. The van der Waals surface area contributed by atoms with Crippen molar-refractivity contribution >= 4 is 50.7 Å². The van der Waals surface area contributed by atoms with Gasteiger partial charge in [0.15, 0.2) is 0 Å². The minimum Gasteiger partial charge on any atom is -0.495 e. The number of methoxy groups -OCH3 is 1. The number of nitrogens with one attached hydrogen (secondary N) is 3. The number of amides is 2. The second-order valence-electron chi connectivity index (χ2n) is 7.60. The zero-order valence-electron chi connectivity index (χ0n) is 18.5. The van der Waals surface area contributed by atoms with Crippen LogP contribution in [0.5, 0.6) is 5.75 Å². The third-order valence-corrected chi connectivity index (χ3v) is 7.77. The number of anilines is 3. The molecule has 34 heavy (non-hydrogen) atoms. The van der Waals surface area contributed by atoms with E-state index in [1.807, 2.05) is 0 Å². The number of aryl methyl sites for hydroxylation is 1. The average molecular weight is 498 g/mol. The van der Waals surface area contributed by atoms with Crippen molar-refractivity contribution in [1.29, 1.82) is 0 Å². The second-order valence-corrected chi connectivity index (χ2v) is 10.4. The van der Waals surface area contributed by atoms with Gasteiger partial charge in [0.05, 0.1) is 23.4 Å². The summed E-state index contributed by atoms with van der Waals surface area (Å²) in [6.45, 7) is 1.68. The fourth-order valence-corrected chi connectivity index (χ4v) is 5.74. The van der Waals surface area contributed by atoms with Crippen molar-refractivity contribution in [2.24, 2.45) is 0 Å². The van der Waals surface area contributed by atoms with Crippen LogP contribution in [0.4, 0.5) is 17.1 Å². The molecule has 0 bridgehead atoms. The number of rotatable bonds is 6. The van der Waals surface area contributed by atoms with Gasteiger partial charge >= 0.3 is 0 Å². The first kappa shape index (κ1) is 23.7. The lowest BCUT2D eigenvalue weighted by Gasteiger charge is -2.15. The average Bonchev–Trinajstić information content (AvgIpc) is 3.00. The number of hydrogen-bond acceptors (Lipinski definition) is 6. The van der Waals surface area contributed by atoms with Crippen LogP contribution < -0.4 is 20.1 Å². The lowest BCUT2D eigenvalue weighted by atomic mass is 10.1. The zero-order valence-corrected chi connectivity index (χ0v) is 20.2. The molecule has 3 N–H and O–H groups in total. The Morgan fingerprint density at radius 3 is 2.68 bits per heavy atom. The Kier molecular flexibility index (Phi) is 6.80. The van der Waals surface area contributed by atoms with Gasteiger partial charge < -0.3 is 15.4 Å². The highest BCUT2D eigenvalue weighted by molar-refractivity contribution is 7.99. The van der Waals surface area contributed by atoms with E-state index in [4.69, 9.17) is 4.74 Å². The number of ether oxygens (including phenoxy) is 1. The Morgan fingerprint density at radius 1 is 1.09 bits per heavy atom. The van der Waals surface area contributed by atoms with E-state index in [2.05, 4.69) is 15.4 Å². The summed E-state index contributed by atoms with van der Waals surface area (Å²) in [6.07, 6.45) is 0.407. The van der Waals surface area contributed by atoms with Gasteiger partial charge in [-0.05, 0) is 55.0 Å². The normalized spacial score (nSPS) is 13.3. The van der Waals surface area contributed by atoms with Crippen LogP contribution in [0.25, 0.3) is 0 Å². The van der Waals surface area contributed by atoms with Crippen LogP contribution in [0.2, 0.25) is 0 Å². The Labute approximate surface area is 202 Å². The molecule has 0 spiro atoms. The quantitative estimate of drug-likeness (QED) is 0.462. The molecule has 0 fully saturated rings. The topological polar surface area (TPSA) is 114 Å². The fraction of sp³-hybridized carbons (Fsp3) is 0.167. The Balaban J connectivity index is 1.58. The maximum atomic E-state index is 13.1. The van der Waals surface area contributed by atoms with Gasteiger partial charge in [-0.3, -0.25) is 14.3 Å². The van der Waals surface area contributed by atoms with Gasteiger partial charge in [-0.2, -0.15) is 0 Å². The summed E-state index contributed by atoms with van der Waals surface area (Å²) in [5, 5.41) is 5.56. The molecule has 0 radical (unpaired) electrons. The summed E-state index contributed by atoms with van der Waals surface area (Å²) in [7, 11) is -2.49. The third kappa shape index (κ3) is 5.18. The number of thioether (sulfide) groups is 1. The summed E-state index contributed by atoms with van der Waals surface area (Å²) in [5.41, 5.74) is 2.09. The molecule has 3 aromatic rings. The van der Waals surface area contributed by atoms with E-state index in [1.54, 1.807) is 73.3 Å². The van der Waals surface area contributed by atoms with E-state index in [1.165, 1.54) is 13.2 Å². The van der Waals surface area contributed by atoms with Crippen LogP contribution in [0, 0.1) is 6.92 Å². The summed E-state index contributed by atoms with van der Waals surface area (Å²) in [4.78, 5) is 25.7. The number of para-hydroxylation sites is 2. The molecule has 3 aromatic carbocycles. The van der Waals surface area contributed by atoms with Crippen LogP contribution in [-0.2, 0) is 14.8 Å². The van der Waals surface area contributed by atoms with Crippen LogP contribution in [0.1, 0.15) is 22.3 Å². The van der Waals surface area contributed by atoms with Gasteiger partial charge in [-0.1, -0.05) is 18.2 Å². The summed E-state index contributed by atoms with van der Waals surface area (Å²) < 4.78 is 34.0. The summed E-state index contributed by atoms with van der Waals surface area (Å²) >= 11 is 1.55. The Morgan fingerprint density at radius 2 is 1.88 bits per heavy atom. The molecule has 1 aliphatic rings. The molecule has 1 heterocycles. The number of hydrogen-bond donors (Lipinski definition) is 3. The molecule has 0 saturated heterocycles. The van der Waals surface area contributed by atoms with Crippen molar-refractivity contribution in [3.05, 3.63) is 71.8 Å². The second kappa shape index (κ2) is 9.78. The number of carbonyl (C=O) groups is 2. The monoisotopic (exact) mass is 497 g/mol. The Hall–Kier alpha value is -3.50. The molecular formula is C24H23N3O5S2. The molecule has 176 valence electrons. The van der Waals surface area contributed by atoms with Gasteiger partial charge in [0.25, 0.3) is 15.9 Å². The molecular weight excluding hydrogens is 474 g/mol. The van der Waals surface area contributed by atoms with Crippen molar-refractivity contribution in [3.8, 4) is 5.75 Å². The number of sulfonamides is 1. The van der Waals surface area contributed by atoms with Crippen molar-refractivity contribution in [3.63, 3.8) is 0 Å². The molecule has 0 atom stereocenters. The van der Waals surface area contributed by atoms with Crippen molar-refractivity contribution in [2.75, 3.05) is 28.2 Å². The van der Waals surface area contributed by atoms with Gasteiger partial charge in [0, 0.05) is 28.3 Å². The van der Waals surface area contributed by atoms with Gasteiger partial charge in [-0.15, -0.1) is 11.8 Å². The van der Waals surface area contributed by atoms with E-state index in [0.29, 0.717) is 46.1 Å². The fourth-order valence-electron chi connectivity index (χ4n) is 3.46. The predicted molar refractivity (Wildman–Crippen MR) is 133 cm³/mol. The minimum atomic E-state index is -3.95. The highest BCUT2D eigenvalue weighted by Gasteiger charge is 2.21. The number of carbonyl (C=O) groups excluding carboxylic acids is 2. The van der Waals surface area contributed by atoms with E-state index < -0.39 is 15.9 Å². The largest absolute Gasteiger partial charge is 0.495 e. The highest BCUT2D eigenvalue weighted by atomic mass is 32.2. The lowest BCUT2D eigenvalue weighted by molar-refractivity contribution is -0.115. The molecule has 8 nitrogen and oxygen atoms in total. The van der Waals surface area contributed by atoms with Gasteiger partial charge in [-0.25, -0.2) is 8.42 Å². The molecule has 1 aliphatic heterocycles. The van der Waals surface area contributed by atoms with E-state index in [9.17, 15) is 18.0 Å². The van der Waals surface area contributed by atoms with Crippen molar-refractivity contribution in [2.45, 2.75) is 23.1 Å². The maximum Gasteiger partial charge on any atom is 0.262 e. The van der Waals surface area contributed by atoms with Crippen molar-refractivity contribution in [1.82, 2.24) is 0 Å². The molecule has 0 unspecified atom stereocenters. The SMILES string of the molecule is COc1ccccc1NS(=O)(=O)c1cc(NC(=O)c2ccc3c(c2)NC(=O)CCS3)ccc1C. The highest BCUT2D eigenvalue weighted by Crippen LogP contribution is 2.32. The molecule has 0 aromatic heterocycles. The first-order valence-electron chi connectivity index (χ1n) is 10.4. The first-order chi connectivity index (χ1) is 16.3. The zero-order chi connectivity index (χ0) is 24.3. The number of benzene rings is 3. The van der Waals surface area contributed by atoms with E-state index in [-0.39, 0.29) is 10.8 Å². The minimum absolute atomic E-state index is 0.0294. The first-order valence-corrected chi connectivity index (χ1v) is 12.9. The molecule has 10 heteroatoms. The molecule has 4 rings (SSSR count). The van der Waals surface area contributed by atoms with Gasteiger partial charge in [0.1, 0.15) is 5.75 Å². The number of fused-ring (bicyclic) bond motifs is 1. The van der Waals surface area contributed by atoms with Crippen LogP contribution in [0.15, 0.2) is 70.5 Å².